The first-order chi connectivity index (χ1) is 11.7. The predicted molar refractivity (Wildman–Crippen MR) is 89.9 cm³/mol. The van der Waals surface area contributed by atoms with E-state index in [9.17, 15) is 22.4 Å². The van der Waals surface area contributed by atoms with E-state index in [-0.39, 0.29) is 21.2 Å². The van der Waals surface area contributed by atoms with Gasteiger partial charge in [0, 0.05) is 11.3 Å². The molecule has 1 amide bonds. The molecule has 6 nitrogen and oxygen atoms in total. The molecular weight excluding hydrogens is 373 g/mol. The maximum absolute atomic E-state index is 13.5. The lowest BCUT2D eigenvalue weighted by Gasteiger charge is -2.08. The molecule has 0 aliphatic heterocycles. The second kappa shape index (κ2) is 7.62. The van der Waals surface area contributed by atoms with Gasteiger partial charge in [0.15, 0.2) is 16.4 Å². The average Bonchev–Trinajstić information content (AvgIpc) is 2.55. The van der Waals surface area contributed by atoms with Gasteiger partial charge in [-0.15, -0.1) is 0 Å². The lowest BCUT2D eigenvalue weighted by Crippen LogP contribution is -2.21. The number of carbonyl (C=O) groups is 2. The van der Waals surface area contributed by atoms with Gasteiger partial charge in [0.2, 0.25) is 0 Å². The van der Waals surface area contributed by atoms with Crippen LogP contribution in [-0.2, 0) is 19.4 Å². The molecule has 0 heterocycles. The number of anilines is 1. The summed E-state index contributed by atoms with van der Waals surface area (Å²) in [6, 6.07) is 8.83. The Morgan fingerprint density at radius 2 is 1.92 bits per heavy atom. The minimum atomic E-state index is -3.48. The predicted octanol–water partition coefficient (Wildman–Crippen LogP) is 2.68. The number of esters is 1. The molecule has 0 unspecified atom stereocenters. The maximum atomic E-state index is 13.5. The molecular formula is C16H13ClFNO5S. The van der Waals surface area contributed by atoms with Crippen LogP contribution in [-0.4, -0.2) is 33.2 Å². The Morgan fingerprint density at radius 3 is 2.60 bits per heavy atom. The van der Waals surface area contributed by atoms with Gasteiger partial charge in [0.1, 0.15) is 5.82 Å². The molecule has 0 aromatic heterocycles. The minimum absolute atomic E-state index is 0.0235. The Kier molecular flexibility index (Phi) is 5.76. The van der Waals surface area contributed by atoms with E-state index >= 15 is 0 Å². The van der Waals surface area contributed by atoms with Crippen molar-refractivity contribution in [2.24, 2.45) is 0 Å². The van der Waals surface area contributed by atoms with Crippen LogP contribution in [0.3, 0.4) is 0 Å². The second-order valence-corrected chi connectivity index (χ2v) is 7.50. The van der Waals surface area contributed by atoms with Gasteiger partial charge in [-0.05, 0) is 36.4 Å². The zero-order chi connectivity index (χ0) is 18.6. The van der Waals surface area contributed by atoms with Crippen LogP contribution < -0.4 is 5.32 Å². The van der Waals surface area contributed by atoms with Crippen LogP contribution in [0, 0.1) is 5.82 Å². The largest absolute Gasteiger partial charge is 0.452 e. The number of amides is 1. The molecule has 0 aliphatic carbocycles. The lowest BCUT2D eigenvalue weighted by atomic mass is 10.2. The Labute approximate surface area is 148 Å². The van der Waals surface area contributed by atoms with Crippen molar-refractivity contribution < 1.29 is 27.1 Å². The van der Waals surface area contributed by atoms with Gasteiger partial charge in [0.05, 0.1) is 16.1 Å². The van der Waals surface area contributed by atoms with Crippen LogP contribution in [0.25, 0.3) is 0 Å². The van der Waals surface area contributed by atoms with E-state index in [4.69, 9.17) is 16.3 Å². The molecule has 2 rings (SSSR count). The summed E-state index contributed by atoms with van der Waals surface area (Å²) in [6.45, 7) is -0.673. The molecule has 9 heteroatoms. The van der Waals surface area contributed by atoms with Crippen molar-refractivity contribution in [3.8, 4) is 0 Å². The van der Waals surface area contributed by atoms with E-state index in [2.05, 4.69) is 5.32 Å². The SMILES string of the molecule is CS(=O)(=O)c1cccc(C(=O)OCC(=O)Nc2cc(Cl)ccc2F)c1. The van der Waals surface area contributed by atoms with E-state index < -0.39 is 34.1 Å². The first-order valence-corrected chi connectivity index (χ1v) is 9.16. The summed E-state index contributed by atoms with van der Waals surface area (Å²) in [5.41, 5.74) is -0.169. The number of sulfone groups is 1. The Hall–Kier alpha value is -2.45. The standard InChI is InChI=1S/C16H13ClFNO5S/c1-25(22,23)12-4-2-3-10(7-12)16(21)24-9-15(20)19-14-8-11(17)5-6-13(14)18/h2-8H,9H2,1H3,(H,19,20). The Morgan fingerprint density at radius 1 is 1.20 bits per heavy atom. The van der Waals surface area contributed by atoms with Crippen LogP contribution in [0.5, 0.6) is 0 Å². The summed E-state index contributed by atoms with van der Waals surface area (Å²) in [6.07, 6.45) is 1.00. The highest BCUT2D eigenvalue weighted by Crippen LogP contribution is 2.19. The molecule has 0 saturated carbocycles. The third-order valence-corrected chi connectivity index (χ3v) is 4.38. The number of nitrogens with one attached hydrogen (secondary N) is 1. The second-order valence-electron chi connectivity index (χ2n) is 5.05. The number of hydrogen-bond donors (Lipinski definition) is 1. The smallest absolute Gasteiger partial charge is 0.338 e. The van der Waals surface area contributed by atoms with Crippen molar-refractivity contribution in [3.05, 3.63) is 58.9 Å². The molecule has 0 aliphatic rings. The molecule has 0 bridgehead atoms. The van der Waals surface area contributed by atoms with E-state index in [1.165, 1.54) is 30.3 Å². The van der Waals surface area contributed by atoms with Gasteiger partial charge in [0.25, 0.3) is 5.91 Å². The molecule has 1 N–H and O–H groups in total. The maximum Gasteiger partial charge on any atom is 0.338 e. The van der Waals surface area contributed by atoms with Crippen molar-refractivity contribution >= 4 is 39.0 Å². The van der Waals surface area contributed by atoms with Crippen LogP contribution in [0.15, 0.2) is 47.4 Å². The van der Waals surface area contributed by atoms with E-state index in [1.807, 2.05) is 0 Å². The normalized spacial score (nSPS) is 11.0. The number of ether oxygens (including phenoxy) is 1. The number of rotatable bonds is 5. The Bertz CT molecular complexity index is 930. The van der Waals surface area contributed by atoms with Crippen LogP contribution in [0.2, 0.25) is 5.02 Å². The minimum Gasteiger partial charge on any atom is -0.452 e. The van der Waals surface area contributed by atoms with Crippen LogP contribution in [0.4, 0.5) is 10.1 Å². The van der Waals surface area contributed by atoms with E-state index in [1.54, 1.807) is 0 Å². The number of benzene rings is 2. The summed E-state index contributed by atoms with van der Waals surface area (Å²) in [5, 5.41) is 2.45. The fourth-order valence-corrected chi connectivity index (χ4v) is 2.69. The van der Waals surface area contributed by atoms with Crippen molar-refractivity contribution in [2.75, 3.05) is 18.2 Å². The zero-order valence-electron chi connectivity index (χ0n) is 13.0. The van der Waals surface area contributed by atoms with Gasteiger partial charge < -0.3 is 10.1 Å². The fraction of sp³-hybridized carbons (Fsp3) is 0.125. The summed E-state index contributed by atoms with van der Waals surface area (Å²) < 4.78 is 41.3. The highest BCUT2D eigenvalue weighted by Gasteiger charge is 2.15. The molecule has 2 aromatic carbocycles. The number of carbonyl (C=O) groups excluding carboxylic acids is 2. The zero-order valence-corrected chi connectivity index (χ0v) is 14.5. The first kappa shape index (κ1) is 18.9. The highest BCUT2D eigenvalue weighted by atomic mass is 35.5. The molecule has 0 radical (unpaired) electrons. The molecule has 2 aromatic rings. The van der Waals surface area contributed by atoms with Crippen LogP contribution in [0.1, 0.15) is 10.4 Å². The van der Waals surface area contributed by atoms with Gasteiger partial charge in [-0.2, -0.15) is 0 Å². The highest BCUT2D eigenvalue weighted by molar-refractivity contribution is 7.90. The molecule has 0 saturated heterocycles. The molecule has 25 heavy (non-hydrogen) atoms. The van der Waals surface area contributed by atoms with Crippen molar-refractivity contribution in [3.63, 3.8) is 0 Å². The summed E-state index contributed by atoms with van der Waals surface area (Å²) in [7, 11) is -3.48. The third-order valence-electron chi connectivity index (χ3n) is 3.03. The van der Waals surface area contributed by atoms with Gasteiger partial charge >= 0.3 is 5.97 Å². The van der Waals surface area contributed by atoms with E-state index in [0.29, 0.717) is 0 Å². The first-order valence-electron chi connectivity index (χ1n) is 6.89. The average molecular weight is 386 g/mol. The molecule has 0 spiro atoms. The topological polar surface area (TPSA) is 89.5 Å². The van der Waals surface area contributed by atoms with Crippen LogP contribution >= 0.6 is 11.6 Å². The summed E-state index contributed by atoms with van der Waals surface area (Å²) in [5.74, 6) is -2.34. The molecule has 132 valence electrons. The summed E-state index contributed by atoms with van der Waals surface area (Å²) >= 11 is 5.71. The van der Waals surface area contributed by atoms with Crippen molar-refractivity contribution in [1.29, 1.82) is 0 Å². The van der Waals surface area contributed by atoms with Gasteiger partial charge in [-0.3, -0.25) is 4.79 Å². The summed E-state index contributed by atoms with van der Waals surface area (Å²) in [4.78, 5) is 23.6. The quantitative estimate of drug-likeness (QED) is 0.799. The van der Waals surface area contributed by atoms with E-state index in [0.717, 1.165) is 18.4 Å². The third kappa shape index (κ3) is 5.27. The Balaban J connectivity index is 2.00. The fourth-order valence-electron chi connectivity index (χ4n) is 1.85. The molecule has 0 fully saturated rings. The van der Waals surface area contributed by atoms with Crippen molar-refractivity contribution in [2.45, 2.75) is 4.90 Å². The lowest BCUT2D eigenvalue weighted by molar-refractivity contribution is -0.119. The monoisotopic (exact) mass is 385 g/mol. The number of hydrogen-bond acceptors (Lipinski definition) is 5. The number of halogens is 2. The van der Waals surface area contributed by atoms with Crippen molar-refractivity contribution in [1.82, 2.24) is 0 Å². The molecule has 0 atom stereocenters. The van der Waals surface area contributed by atoms with Gasteiger partial charge in [-0.25, -0.2) is 17.6 Å². The van der Waals surface area contributed by atoms with Gasteiger partial charge in [-0.1, -0.05) is 17.7 Å².